The molecule has 0 radical (unpaired) electrons. The summed E-state index contributed by atoms with van der Waals surface area (Å²) in [5.74, 6) is 0.880. The van der Waals surface area contributed by atoms with Crippen LogP contribution in [-0.2, 0) is 6.67 Å². The number of aryl methyl sites for hydroxylation is 2. The van der Waals surface area contributed by atoms with Crippen LogP contribution in [0.25, 0.3) is 0 Å². The van der Waals surface area contributed by atoms with Crippen LogP contribution in [0, 0.1) is 23.7 Å². The Balaban J connectivity index is 1.68. The molecule has 1 heterocycles. The molecule has 0 spiro atoms. The fraction of sp³-hybridized carbons (Fsp3) is 0.500. The summed E-state index contributed by atoms with van der Waals surface area (Å²) in [4.78, 5) is 2.30. The molecule has 4 nitrogen and oxygen atoms in total. The molecule has 0 unspecified atom stereocenters. The highest BCUT2D eigenvalue weighted by Crippen LogP contribution is 2.29. The third kappa shape index (κ3) is 3.94. The Kier molecular flexibility index (Phi) is 4.61. The van der Waals surface area contributed by atoms with E-state index in [0.717, 1.165) is 33.9 Å². The zero-order chi connectivity index (χ0) is 15.7. The second-order valence-corrected chi connectivity index (χ2v) is 7.84. The predicted molar refractivity (Wildman–Crippen MR) is 95.5 cm³/mol. The van der Waals surface area contributed by atoms with Crippen LogP contribution >= 0.6 is 23.6 Å². The van der Waals surface area contributed by atoms with E-state index in [1.807, 2.05) is 4.68 Å². The first-order chi connectivity index (χ1) is 10.5. The molecule has 1 aliphatic carbocycles. The molecular weight excluding hydrogens is 312 g/mol. The number of hydrogen-bond acceptors (Lipinski definition) is 5. The minimum absolute atomic E-state index is 0.764. The van der Waals surface area contributed by atoms with Crippen molar-refractivity contribution in [3.05, 3.63) is 33.3 Å². The van der Waals surface area contributed by atoms with Crippen molar-refractivity contribution in [2.45, 2.75) is 33.4 Å². The second kappa shape index (κ2) is 6.48. The molecule has 22 heavy (non-hydrogen) atoms. The SMILES string of the molecule is Cc1ccc(Nc2nn(CN(C)CC3CC3)c(=S)s2)cc1C. The first kappa shape index (κ1) is 15.6. The third-order valence-corrected chi connectivity index (χ3v) is 5.23. The second-order valence-electron chi connectivity index (χ2n) is 6.22. The minimum atomic E-state index is 0.764. The van der Waals surface area contributed by atoms with Crippen LogP contribution in [0.1, 0.15) is 24.0 Å². The fourth-order valence-corrected chi connectivity index (χ4v) is 3.43. The number of aromatic nitrogens is 2. The smallest absolute Gasteiger partial charge is 0.209 e. The summed E-state index contributed by atoms with van der Waals surface area (Å²) in [5, 5.41) is 8.82. The van der Waals surface area contributed by atoms with E-state index in [1.54, 1.807) is 0 Å². The Morgan fingerprint density at radius 1 is 1.36 bits per heavy atom. The first-order valence-corrected chi connectivity index (χ1v) is 8.84. The maximum Gasteiger partial charge on any atom is 0.209 e. The first-order valence-electron chi connectivity index (χ1n) is 7.62. The van der Waals surface area contributed by atoms with E-state index in [4.69, 9.17) is 12.2 Å². The van der Waals surface area contributed by atoms with Crippen molar-refractivity contribution < 1.29 is 0 Å². The van der Waals surface area contributed by atoms with Gasteiger partial charge in [0.25, 0.3) is 0 Å². The van der Waals surface area contributed by atoms with E-state index in [9.17, 15) is 0 Å². The van der Waals surface area contributed by atoms with Gasteiger partial charge in [-0.05, 0) is 75.1 Å². The molecule has 1 N–H and O–H groups in total. The molecular formula is C16H22N4S2. The number of anilines is 2. The van der Waals surface area contributed by atoms with Crippen molar-refractivity contribution in [3.63, 3.8) is 0 Å². The summed E-state index contributed by atoms with van der Waals surface area (Å²) < 4.78 is 2.72. The average molecular weight is 335 g/mol. The van der Waals surface area contributed by atoms with Gasteiger partial charge in [-0.15, -0.1) is 5.10 Å². The summed E-state index contributed by atoms with van der Waals surface area (Å²) >= 11 is 6.96. The van der Waals surface area contributed by atoms with E-state index in [0.29, 0.717) is 0 Å². The number of benzene rings is 1. The van der Waals surface area contributed by atoms with Gasteiger partial charge in [0.1, 0.15) is 0 Å². The molecule has 2 aromatic rings. The lowest BCUT2D eigenvalue weighted by molar-refractivity contribution is 0.244. The Labute approximate surface area is 140 Å². The highest BCUT2D eigenvalue weighted by molar-refractivity contribution is 7.73. The van der Waals surface area contributed by atoms with E-state index in [1.165, 1.54) is 35.3 Å². The highest BCUT2D eigenvalue weighted by atomic mass is 32.1. The molecule has 0 saturated heterocycles. The average Bonchev–Trinajstić information content (AvgIpc) is 3.19. The van der Waals surface area contributed by atoms with E-state index < -0.39 is 0 Å². The normalized spacial score (nSPS) is 14.5. The monoisotopic (exact) mass is 334 g/mol. The molecule has 0 amide bonds. The Hall–Kier alpha value is -1.24. The van der Waals surface area contributed by atoms with E-state index in [2.05, 4.69) is 54.4 Å². The summed E-state index contributed by atoms with van der Waals surface area (Å²) in [6.07, 6.45) is 2.73. The molecule has 1 aromatic heterocycles. The van der Waals surface area contributed by atoms with Gasteiger partial charge in [-0.25, -0.2) is 4.68 Å². The third-order valence-electron chi connectivity index (χ3n) is 4.01. The van der Waals surface area contributed by atoms with Crippen LogP contribution < -0.4 is 5.32 Å². The number of rotatable bonds is 6. The van der Waals surface area contributed by atoms with Gasteiger partial charge in [0.05, 0.1) is 6.67 Å². The van der Waals surface area contributed by atoms with Crippen LogP contribution in [0.5, 0.6) is 0 Å². The van der Waals surface area contributed by atoms with Crippen molar-refractivity contribution in [3.8, 4) is 0 Å². The van der Waals surface area contributed by atoms with E-state index >= 15 is 0 Å². The van der Waals surface area contributed by atoms with Crippen molar-refractivity contribution in [1.82, 2.24) is 14.7 Å². The Morgan fingerprint density at radius 2 is 2.14 bits per heavy atom. The van der Waals surface area contributed by atoms with E-state index in [-0.39, 0.29) is 0 Å². The van der Waals surface area contributed by atoms with Crippen LogP contribution in [0.2, 0.25) is 0 Å². The highest BCUT2D eigenvalue weighted by Gasteiger charge is 2.23. The zero-order valence-corrected chi connectivity index (χ0v) is 14.9. The largest absolute Gasteiger partial charge is 0.330 e. The molecule has 0 atom stereocenters. The van der Waals surface area contributed by atoms with Crippen LogP contribution in [0.3, 0.4) is 0 Å². The van der Waals surface area contributed by atoms with Crippen molar-refractivity contribution >= 4 is 34.4 Å². The van der Waals surface area contributed by atoms with Crippen molar-refractivity contribution in [1.29, 1.82) is 0 Å². The molecule has 1 aliphatic rings. The van der Waals surface area contributed by atoms with Crippen LogP contribution in [0.15, 0.2) is 18.2 Å². The van der Waals surface area contributed by atoms with Gasteiger partial charge in [0.15, 0.2) is 3.95 Å². The fourth-order valence-electron chi connectivity index (χ4n) is 2.42. The number of hydrogen-bond donors (Lipinski definition) is 1. The lowest BCUT2D eigenvalue weighted by Crippen LogP contribution is -2.24. The molecule has 1 aromatic carbocycles. The topological polar surface area (TPSA) is 33.1 Å². The molecule has 0 aliphatic heterocycles. The lowest BCUT2D eigenvalue weighted by Gasteiger charge is -2.15. The maximum atomic E-state index is 5.44. The summed E-state index contributed by atoms with van der Waals surface area (Å²) in [5.41, 5.74) is 3.63. The van der Waals surface area contributed by atoms with Gasteiger partial charge in [0.2, 0.25) is 5.13 Å². The van der Waals surface area contributed by atoms with Gasteiger partial charge >= 0.3 is 0 Å². The van der Waals surface area contributed by atoms with Crippen LogP contribution in [0.4, 0.5) is 10.8 Å². The predicted octanol–water partition coefficient (Wildman–Crippen LogP) is 4.33. The number of nitrogens with one attached hydrogen (secondary N) is 1. The standard InChI is InChI=1S/C16H22N4S2/c1-11-4-7-14(8-12(11)2)17-15-18-20(16(21)22-15)10-19(3)9-13-5-6-13/h4,7-8,13H,5-6,9-10H2,1-3H3,(H,17,18). The van der Waals surface area contributed by atoms with Crippen molar-refractivity contribution in [2.24, 2.45) is 5.92 Å². The lowest BCUT2D eigenvalue weighted by atomic mass is 10.1. The molecule has 6 heteroatoms. The maximum absolute atomic E-state index is 5.44. The molecule has 0 bridgehead atoms. The van der Waals surface area contributed by atoms with Crippen molar-refractivity contribution in [2.75, 3.05) is 18.9 Å². The quantitative estimate of drug-likeness (QED) is 0.797. The Morgan fingerprint density at radius 3 is 2.82 bits per heavy atom. The molecule has 3 rings (SSSR count). The molecule has 1 saturated carbocycles. The minimum Gasteiger partial charge on any atom is -0.330 e. The zero-order valence-electron chi connectivity index (χ0n) is 13.3. The summed E-state index contributed by atoms with van der Waals surface area (Å²) in [6.45, 7) is 6.14. The number of nitrogens with zero attached hydrogens (tertiary/aromatic N) is 3. The summed E-state index contributed by atoms with van der Waals surface area (Å²) in [7, 11) is 2.13. The van der Waals surface area contributed by atoms with Gasteiger partial charge in [0, 0.05) is 12.2 Å². The Bertz CT molecular complexity index is 715. The van der Waals surface area contributed by atoms with Crippen LogP contribution in [-0.4, -0.2) is 28.3 Å². The molecule has 118 valence electrons. The van der Waals surface area contributed by atoms with Gasteiger partial charge < -0.3 is 5.32 Å². The van der Waals surface area contributed by atoms with Gasteiger partial charge in [-0.3, -0.25) is 4.90 Å². The summed E-state index contributed by atoms with van der Waals surface area (Å²) in [6, 6.07) is 6.34. The van der Waals surface area contributed by atoms with Gasteiger partial charge in [-0.2, -0.15) is 0 Å². The molecule has 1 fully saturated rings. The van der Waals surface area contributed by atoms with Gasteiger partial charge in [-0.1, -0.05) is 17.4 Å².